The van der Waals surface area contributed by atoms with Crippen LogP contribution in [0.15, 0.2) is 36.4 Å². The number of carbonyl (C=O) groups is 1. The monoisotopic (exact) mass is 479 g/mol. The van der Waals surface area contributed by atoms with Crippen molar-refractivity contribution in [2.24, 2.45) is 0 Å². The van der Waals surface area contributed by atoms with Crippen LogP contribution in [0.5, 0.6) is 11.5 Å². The molecule has 1 aliphatic rings. The van der Waals surface area contributed by atoms with E-state index in [1.54, 1.807) is 13.2 Å². The third-order valence-corrected chi connectivity index (χ3v) is 5.52. The zero-order valence-electron chi connectivity index (χ0n) is 16.0. The van der Waals surface area contributed by atoms with Crippen molar-refractivity contribution in [1.29, 1.82) is 0 Å². The highest BCUT2D eigenvalue weighted by molar-refractivity contribution is 14.1. The highest BCUT2D eigenvalue weighted by Crippen LogP contribution is 2.33. The van der Waals surface area contributed by atoms with Crippen LogP contribution >= 0.6 is 22.6 Å². The highest BCUT2D eigenvalue weighted by atomic mass is 127. The van der Waals surface area contributed by atoms with Gasteiger partial charge in [-0.15, -0.1) is 0 Å². The third kappa shape index (κ3) is 4.75. The standard InChI is InChI=1S/C22H26INO3/c1-3-4-5-6-13-27-20-10-7-17(15-21(20)26-2)22(25)24-12-11-16-14-18(23)8-9-19(16)24/h7-10,14-15H,3-6,11-13H2,1-2H3. The van der Waals surface area contributed by atoms with E-state index in [9.17, 15) is 4.79 Å². The number of benzene rings is 2. The minimum Gasteiger partial charge on any atom is -0.493 e. The lowest BCUT2D eigenvalue weighted by Gasteiger charge is -2.18. The van der Waals surface area contributed by atoms with Crippen molar-refractivity contribution in [2.75, 3.05) is 25.2 Å². The van der Waals surface area contributed by atoms with Gasteiger partial charge < -0.3 is 14.4 Å². The highest BCUT2D eigenvalue weighted by Gasteiger charge is 2.26. The lowest BCUT2D eigenvalue weighted by atomic mass is 10.1. The van der Waals surface area contributed by atoms with Gasteiger partial charge in [0.05, 0.1) is 13.7 Å². The molecule has 2 aromatic carbocycles. The topological polar surface area (TPSA) is 38.8 Å². The molecule has 27 heavy (non-hydrogen) atoms. The first-order valence-electron chi connectivity index (χ1n) is 9.55. The molecule has 0 aliphatic carbocycles. The number of unbranched alkanes of at least 4 members (excludes halogenated alkanes) is 3. The summed E-state index contributed by atoms with van der Waals surface area (Å²) in [6.07, 6.45) is 5.53. The molecule has 0 saturated carbocycles. The van der Waals surface area contributed by atoms with E-state index in [0.29, 0.717) is 30.2 Å². The summed E-state index contributed by atoms with van der Waals surface area (Å²) in [5.41, 5.74) is 2.86. The molecule has 0 spiro atoms. The van der Waals surface area contributed by atoms with Crippen molar-refractivity contribution < 1.29 is 14.3 Å². The van der Waals surface area contributed by atoms with Crippen LogP contribution in [0.3, 0.4) is 0 Å². The minimum absolute atomic E-state index is 0.00255. The Labute approximate surface area is 175 Å². The molecule has 0 radical (unpaired) electrons. The molecule has 5 heteroatoms. The molecule has 0 atom stereocenters. The van der Waals surface area contributed by atoms with Gasteiger partial charge in [-0.05, 0) is 77.4 Å². The van der Waals surface area contributed by atoms with Crippen molar-refractivity contribution in [3.63, 3.8) is 0 Å². The summed E-state index contributed by atoms with van der Waals surface area (Å²) >= 11 is 2.31. The van der Waals surface area contributed by atoms with Crippen molar-refractivity contribution in [3.8, 4) is 11.5 Å². The molecule has 2 aromatic rings. The number of fused-ring (bicyclic) bond motifs is 1. The normalized spacial score (nSPS) is 12.8. The number of hydrogen-bond acceptors (Lipinski definition) is 3. The fraction of sp³-hybridized carbons (Fsp3) is 0.409. The quantitative estimate of drug-likeness (QED) is 0.373. The number of hydrogen-bond donors (Lipinski definition) is 0. The van der Waals surface area contributed by atoms with Crippen LogP contribution in [0.1, 0.15) is 48.5 Å². The molecule has 0 aromatic heterocycles. The number of methoxy groups -OCH3 is 1. The Morgan fingerprint density at radius 1 is 1.11 bits per heavy atom. The van der Waals surface area contributed by atoms with Crippen LogP contribution in [0.2, 0.25) is 0 Å². The average molecular weight is 479 g/mol. The van der Waals surface area contributed by atoms with Crippen molar-refractivity contribution >= 4 is 34.2 Å². The second-order valence-corrected chi connectivity index (χ2v) is 8.00. The fourth-order valence-corrected chi connectivity index (χ4v) is 3.92. The second-order valence-electron chi connectivity index (χ2n) is 6.75. The van der Waals surface area contributed by atoms with Crippen molar-refractivity contribution in [1.82, 2.24) is 0 Å². The summed E-state index contributed by atoms with van der Waals surface area (Å²) in [6.45, 7) is 3.58. The average Bonchev–Trinajstić information content (AvgIpc) is 3.10. The first-order chi connectivity index (χ1) is 13.1. The molecule has 0 N–H and O–H groups in total. The van der Waals surface area contributed by atoms with Crippen LogP contribution in [-0.4, -0.2) is 26.2 Å². The van der Waals surface area contributed by atoms with Gasteiger partial charge in [-0.25, -0.2) is 0 Å². The fourth-order valence-electron chi connectivity index (χ4n) is 3.37. The molecule has 0 fully saturated rings. The van der Waals surface area contributed by atoms with Crippen LogP contribution in [-0.2, 0) is 6.42 Å². The summed E-state index contributed by atoms with van der Waals surface area (Å²) in [5.74, 6) is 1.31. The van der Waals surface area contributed by atoms with E-state index in [1.165, 1.54) is 28.4 Å². The minimum atomic E-state index is 0.00255. The maximum atomic E-state index is 13.0. The van der Waals surface area contributed by atoms with Gasteiger partial charge in [0.1, 0.15) is 0 Å². The van der Waals surface area contributed by atoms with Gasteiger partial charge in [-0.2, -0.15) is 0 Å². The van der Waals surface area contributed by atoms with Crippen LogP contribution < -0.4 is 14.4 Å². The molecule has 144 valence electrons. The Kier molecular flexibility index (Phi) is 6.99. The Morgan fingerprint density at radius 2 is 1.96 bits per heavy atom. The number of halogens is 1. The zero-order valence-corrected chi connectivity index (χ0v) is 18.1. The number of nitrogens with zero attached hydrogens (tertiary/aromatic N) is 1. The SMILES string of the molecule is CCCCCCOc1ccc(C(=O)N2CCc3cc(I)ccc32)cc1OC. The number of anilines is 1. The molecule has 1 aliphatic heterocycles. The summed E-state index contributed by atoms with van der Waals surface area (Å²) < 4.78 is 12.5. The molecular formula is C22H26INO3. The van der Waals surface area contributed by atoms with E-state index >= 15 is 0 Å². The first-order valence-corrected chi connectivity index (χ1v) is 10.6. The van der Waals surface area contributed by atoms with Crippen molar-refractivity contribution in [2.45, 2.75) is 39.0 Å². The predicted molar refractivity (Wildman–Crippen MR) is 117 cm³/mol. The van der Waals surface area contributed by atoms with Gasteiger partial charge in [-0.3, -0.25) is 4.79 Å². The molecular weight excluding hydrogens is 453 g/mol. The Morgan fingerprint density at radius 3 is 2.74 bits per heavy atom. The Balaban J connectivity index is 1.71. The number of amides is 1. The maximum absolute atomic E-state index is 13.0. The second kappa shape index (κ2) is 9.44. The zero-order chi connectivity index (χ0) is 19.2. The predicted octanol–water partition coefficient (Wildman–Crippen LogP) is 5.46. The largest absolute Gasteiger partial charge is 0.493 e. The Hall–Kier alpha value is -1.76. The smallest absolute Gasteiger partial charge is 0.258 e. The number of rotatable bonds is 8. The molecule has 4 nitrogen and oxygen atoms in total. The summed E-state index contributed by atoms with van der Waals surface area (Å²) in [6, 6.07) is 11.7. The number of carbonyl (C=O) groups excluding carboxylic acids is 1. The lowest BCUT2D eigenvalue weighted by molar-refractivity contribution is 0.0989. The van der Waals surface area contributed by atoms with Crippen molar-refractivity contribution in [3.05, 3.63) is 51.1 Å². The van der Waals surface area contributed by atoms with E-state index in [4.69, 9.17) is 9.47 Å². The summed E-state index contributed by atoms with van der Waals surface area (Å²) in [7, 11) is 1.61. The molecule has 3 rings (SSSR count). The third-order valence-electron chi connectivity index (χ3n) is 4.85. The van der Waals surface area contributed by atoms with E-state index in [1.807, 2.05) is 29.2 Å². The van der Waals surface area contributed by atoms with Crippen LogP contribution in [0.25, 0.3) is 0 Å². The van der Waals surface area contributed by atoms with E-state index in [0.717, 1.165) is 18.5 Å². The van der Waals surface area contributed by atoms with Crippen LogP contribution in [0.4, 0.5) is 5.69 Å². The van der Waals surface area contributed by atoms with Gasteiger partial charge in [0.15, 0.2) is 11.5 Å². The van der Waals surface area contributed by atoms with Gasteiger partial charge in [0, 0.05) is 21.4 Å². The van der Waals surface area contributed by atoms with Gasteiger partial charge in [0.2, 0.25) is 0 Å². The van der Waals surface area contributed by atoms with Gasteiger partial charge in [0.25, 0.3) is 5.91 Å². The summed E-state index contributed by atoms with van der Waals surface area (Å²) in [5, 5.41) is 0. The number of ether oxygens (including phenoxy) is 2. The van der Waals surface area contributed by atoms with E-state index in [-0.39, 0.29) is 5.91 Å². The van der Waals surface area contributed by atoms with Gasteiger partial charge in [-0.1, -0.05) is 26.2 Å². The molecule has 1 amide bonds. The van der Waals surface area contributed by atoms with E-state index in [2.05, 4.69) is 35.6 Å². The Bertz CT molecular complexity index is 806. The molecule has 0 saturated heterocycles. The lowest BCUT2D eigenvalue weighted by Crippen LogP contribution is -2.28. The summed E-state index contributed by atoms with van der Waals surface area (Å²) in [4.78, 5) is 14.9. The van der Waals surface area contributed by atoms with Gasteiger partial charge >= 0.3 is 0 Å². The maximum Gasteiger partial charge on any atom is 0.258 e. The molecule has 0 unspecified atom stereocenters. The first kappa shape index (κ1) is 20.0. The molecule has 0 bridgehead atoms. The van der Waals surface area contributed by atoms with E-state index < -0.39 is 0 Å². The molecule has 1 heterocycles. The van der Waals surface area contributed by atoms with Crippen LogP contribution in [0, 0.1) is 3.57 Å².